The Kier molecular flexibility index (Phi) is 4.06. The normalized spacial score (nSPS) is 26.4. The minimum absolute atomic E-state index is 0.193. The highest BCUT2D eigenvalue weighted by molar-refractivity contribution is 5.94. The molecule has 1 aromatic carbocycles. The van der Waals surface area contributed by atoms with Crippen molar-refractivity contribution in [3.05, 3.63) is 35.1 Å². The van der Waals surface area contributed by atoms with Crippen LogP contribution in [0.3, 0.4) is 0 Å². The highest BCUT2D eigenvalue weighted by atomic mass is 19.2. The van der Waals surface area contributed by atoms with E-state index in [0.29, 0.717) is 5.92 Å². The van der Waals surface area contributed by atoms with Crippen LogP contribution in [0, 0.1) is 23.4 Å². The molecule has 0 spiro atoms. The van der Waals surface area contributed by atoms with Crippen LogP contribution in [0.5, 0.6) is 0 Å². The number of nitrogens with one attached hydrogen (secondary N) is 1. The molecule has 1 N–H and O–H groups in total. The molecule has 20 heavy (non-hydrogen) atoms. The lowest BCUT2D eigenvalue weighted by Gasteiger charge is -2.37. The first kappa shape index (κ1) is 14.9. The summed E-state index contributed by atoms with van der Waals surface area (Å²) in [4.78, 5) is 12.0. The molecule has 0 bridgehead atoms. The largest absolute Gasteiger partial charge is 0.347 e. The molecule has 1 aliphatic carbocycles. The molecule has 1 aromatic rings. The molecule has 0 atom stereocenters. The number of hydrogen-bond acceptors (Lipinski definition) is 1. The first-order valence-corrected chi connectivity index (χ1v) is 6.78. The van der Waals surface area contributed by atoms with Gasteiger partial charge in [-0.3, -0.25) is 4.79 Å². The van der Waals surface area contributed by atoms with Gasteiger partial charge in [0.1, 0.15) is 0 Å². The maximum atomic E-state index is 13.1. The van der Waals surface area contributed by atoms with Crippen molar-refractivity contribution in [2.45, 2.75) is 45.1 Å². The van der Waals surface area contributed by atoms with E-state index >= 15 is 0 Å². The molecule has 1 fully saturated rings. The summed E-state index contributed by atoms with van der Waals surface area (Å²) in [6.07, 6.45) is 3.66. The molecule has 1 amide bonds. The van der Waals surface area contributed by atoms with Crippen LogP contribution < -0.4 is 5.32 Å². The standard InChI is InChI=1S/C15H18F3NO/c1-9-3-5-15(2,6-4-9)19-14(20)10-7-11(16)13(18)12(17)8-10/h7-9H,3-6H2,1-2H3,(H,19,20). The average molecular weight is 285 g/mol. The Morgan fingerprint density at radius 3 is 2.20 bits per heavy atom. The summed E-state index contributed by atoms with van der Waals surface area (Å²) < 4.78 is 39.1. The Balaban J connectivity index is 2.12. The maximum absolute atomic E-state index is 13.1. The van der Waals surface area contributed by atoms with Crippen LogP contribution in [0.2, 0.25) is 0 Å². The zero-order valence-electron chi connectivity index (χ0n) is 11.6. The fourth-order valence-corrected chi connectivity index (χ4v) is 2.56. The average Bonchev–Trinajstić information content (AvgIpc) is 2.39. The van der Waals surface area contributed by atoms with E-state index in [2.05, 4.69) is 12.2 Å². The van der Waals surface area contributed by atoms with E-state index < -0.39 is 23.4 Å². The van der Waals surface area contributed by atoms with E-state index in [1.54, 1.807) is 0 Å². The van der Waals surface area contributed by atoms with E-state index in [1.807, 2.05) is 6.92 Å². The van der Waals surface area contributed by atoms with Crippen molar-refractivity contribution >= 4 is 5.91 Å². The van der Waals surface area contributed by atoms with Crippen molar-refractivity contribution in [3.8, 4) is 0 Å². The van der Waals surface area contributed by atoms with Gasteiger partial charge in [0, 0.05) is 11.1 Å². The molecular weight excluding hydrogens is 267 g/mol. The summed E-state index contributed by atoms with van der Waals surface area (Å²) in [7, 11) is 0. The maximum Gasteiger partial charge on any atom is 0.251 e. The molecular formula is C15H18F3NO. The zero-order valence-corrected chi connectivity index (χ0v) is 11.6. The third-order valence-electron chi connectivity index (χ3n) is 4.04. The molecule has 0 saturated heterocycles. The van der Waals surface area contributed by atoms with Gasteiger partial charge in [-0.25, -0.2) is 13.2 Å². The van der Waals surface area contributed by atoms with E-state index in [0.717, 1.165) is 37.8 Å². The van der Waals surface area contributed by atoms with Crippen LogP contribution in [0.25, 0.3) is 0 Å². The molecule has 2 nitrogen and oxygen atoms in total. The van der Waals surface area contributed by atoms with Crippen molar-refractivity contribution in [3.63, 3.8) is 0 Å². The van der Waals surface area contributed by atoms with Crippen molar-refractivity contribution < 1.29 is 18.0 Å². The summed E-state index contributed by atoms with van der Waals surface area (Å²) >= 11 is 0. The summed E-state index contributed by atoms with van der Waals surface area (Å²) in [5.74, 6) is -4.20. The van der Waals surface area contributed by atoms with Crippen molar-refractivity contribution in [2.24, 2.45) is 5.92 Å². The van der Waals surface area contributed by atoms with Crippen LogP contribution in [0.15, 0.2) is 12.1 Å². The van der Waals surface area contributed by atoms with Crippen LogP contribution in [0.1, 0.15) is 49.9 Å². The smallest absolute Gasteiger partial charge is 0.251 e. The van der Waals surface area contributed by atoms with E-state index in [9.17, 15) is 18.0 Å². The number of benzene rings is 1. The highest BCUT2D eigenvalue weighted by Crippen LogP contribution is 2.31. The van der Waals surface area contributed by atoms with Gasteiger partial charge in [0.2, 0.25) is 0 Å². The van der Waals surface area contributed by atoms with Crippen LogP contribution >= 0.6 is 0 Å². The number of carbonyl (C=O) groups excluding carboxylic acids is 1. The van der Waals surface area contributed by atoms with Gasteiger partial charge < -0.3 is 5.32 Å². The Bertz CT molecular complexity index is 499. The van der Waals surface area contributed by atoms with Crippen LogP contribution in [-0.2, 0) is 0 Å². The van der Waals surface area contributed by atoms with Gasteiger partial charge in [0.25, 0.3) is 5.91 Å². The zero-order chi connectivity index (χ0) is 14.9. The summed E-state index contributed by atoms with van der Waals surface area (Å²) in [5, 5.41) is 2.81. The van der Waals surface area contributed by atoms with Gasteiger partial charge in [-0.05, 0) is 50.7 Å². The molecule has 0 unspecified atom stereocenters. The van der Waals surface area contributed by atoms with E-state index in [-0.39, 0.29) is 11.1 Å². The quantitative estimate of drug-likeness (QED) is 0.823. The number of halogens is 3. The van der Waals surface area contributed by atoms with Gasteiger partial charge in [-0.1, -0.05) is 6.92 Å². The van der Waals surface area contributed by atoms with Crippen molar-refractivity contribution in [1.82, 2.24) is 5.32 Å². The lowest BCUT2D eigenvalue weighted by Crippen LogP contribution is -2.48. The monoisotopic (exact) mass is 285 g/mol. The number of hydrogen-bond donors (Lipinski definition) is 1. The first-order chi connectivity index (χ1) is 9.31. The van der Waals surface area contributed by atoms with Crippen molar-refractivity contribution in [1.29, 1.82) is 0 Å². The van der Waals surface area contributed by atoms with Gasteiger partial charge in [0.05, 0.1) is 0 Å². The van der Waals surface area contributed by atoms with E-state index in [1.165, 1.54) is 0 Å². The minimum Gasteiger partial charge on any atom is -0.347 e. The third-order valence-corrected chi connectivity index (χ3v) is 4.04. The molecule has 0 aliphatic heterocycles. The fraction of sp³-hybridized carbons (Fsp3) is 0.533. The Hall–Kier alpha value is -1.52. The van der Waals surface area contributed by atoms with Gasteiger partial charge >= 0.3 is 0 Å². The lowest BCUT2D eigenvalue weighted by atomic mass is 9.78. The summed E-state index contributed by atoms with van der Waals surface area (Å²) in [6, 6.07) is 1.45. The molecule has 1 aliphatic rings. The SMILES string of the molecule is CC1CCC(C)(NC(=O)c2cc(F)c(F)c(F)c2)CC1. The minimum atomic E-state index is -1.56. The van der Waals surface area contributed by atoms with Gasteiger partial charge in [-0.2, -0.15) is 0 Å². The second-order valence-corrected chi connectivity index (χ2v) is 5.95. The number of rotatable bonds is 2. The molecule has 5 heteroatoms. The predicted molar refractivity (Wildman–Crippen MR) is 69.8 cm³/mol. The number of carbonyl (C=O) groups is 1. The lowest BCUT2D eigenvalue weighted by molar-refractivity contribution is 0.0868. The fourth-order valence-electron chi connectivity index (χ4n) is 2.56. The first-order valence-electron chi connectivity index (χ1n) is 6.78. The molecule has 2 rings (SSSR count). The molecule has 0 aromatic heterocycles. The highest BCUT2D eigenvalue weighted by Gasteiger charge is 2.31. The van der Waals surface area contributed by atoms with Crippen LogP contribution in [0.4, 0.5) is 13.2 Å². The topological polar surface area (TPSA) is 29.1 Å². The molecule has 1 saturated carbocycles. The number of amides is 1. The summed E-state index contributed by atoms with van der Waals surface area (Å²) in [6.45, 7) is 4.08. The molecule has 0 radical (unpaired) electrons. The molecule has 110 valence electrons. The van der Waals surface area contributed by atoms with E-state index in [4.69, 9.17) is 0 Å². The molecule has 0 heterocycles. The second kappa shape index (κ2) is 5.46. The third kappa shape index (κ3) is 3.14. The Morgan fingerprint density at radius 1 is 1.20 bits per heavy atom. The predicted octanol–water partition coefficient (Wildman–Crippen LogP) is 3.80. The second-order valence-electron chi connectivity index (χ2n) is 5.95. The Labute approximate surface area is 116 Å². The Morgan fingerprint density at radius 2 is 1.70 bits per heavy atom. The van der Waals surface area contributed by atoms with Crippen LogP contribution in [-0.4, -0.2) is 11.4 Å². The van der Waals surface area contributed by atoms with Gasteiger partial charge in [0.15, 0.2) is 17.5 Å². The van der Waals surface area contributed by atoms with Gasteiger partial charge in [-0.15, -0.1) is 0 Å². The summed E-state index contributed by atoms with van der Waals surface area (Å²) in [5.41, 5.74) is -0.563. The van der Waals surface area contributed by atoms with Crippen molar-refractivity contribution in [2.75, 3.05) is 0 Å².